The predicted octanol–water partition coefficient (Wildman–Crippen LogP) is 0.464. The van der Waals surface area contributed by atoms with Gasteiger partial charge in [-0.15, -0.1) is 0 Å². The van der Waals surface area contributed by atoms with Crippen molar-refractivity contribution in [3.63, 3.8) is 0 Å². The predicted molar refractivity (Wildman–Crippen MR) is 126 cm³/mol. The van der Waals surface area contributed by atoms with Gasteiger partial charge in [-0.3, -0.25) is 13.7 Å². The number of rotatable bonds is 13. The molecule has 13 heteroatoms. The number of aliphatic hydroxyl groups excluding tert-OH is 2. The first-order valence-corrected chi connectivity index (χ1v) is 12.3. The van der Waals surface area contributed by atoms with Crippen molar-refractivity contribution in [2.24, 2.45) is 11.1 Å². The SMILES string of the molecule is CC[C@H](COS(N)(=O)=O)[C@@H](O)CNc1ncncc1C(=O)c1cc(CO)n(Cc2ccccc2)n1. The molecule has 0 spiro atoms. The molecule has 0 aliphatic rings. The van der Waals surface area contributed by atoms with Gasteiger partial charge in [0, 0.05) is 18.7 Å². The van der Waals surface area contributed by atoms with Crippen LogP contribution in [0.25, 0.3) is 0 Å². The van der Waals surface area contributed by atoms with Gasteiger partial charge in [0.1, 0.15) is 17.8 Å². The second-order valence-corrected chi connectivity index (χ2v) is 9.05. The Morgan fingerprint density at radius 2 is 2.03 bits per heavy atom. The number of nitrogens with zero attached hydrogens (tertiary/aromatic N) is 4. The number of anilines is 1. The molecule has 35 heavy (non-hydrogen) atoms. The summed E-state index contributed by atoms with van der Waals surface area (Å²) in [5.41, 5.74) is 1.67. The highest BCUT2D eigenvalue weighted by molar-refractivity contribution is 7.84. The maximum atomic E-state index is 13.2. The smallest absolute Gasteiger partial charge is 0.333 e. The summed E-state index contributed by atoms with van der Waals surface area (Å²) in [7, 11) is -4.13. The van der Waals surface area contributed by atoms with E-state index in [1.807, 2.05) is 30.3 Å². The molecule has 0 bridgehead atoms. The molecule has 0 unspecified atom stereocenters. The number of carbonyl (C=O) groups is 1. The van der Waals surface area contributed by atoms with E-state index in [1.54, 1.807) is 11.6 Å². The highest BCUT2D eigenvalue weighted by Gasteiger charge is 2.23. The van der Waals surface area contributed by atoms with Crippen molar-refractivity contribution < 1.29 is 27.6 Å². The van der Waals surface area contributed by atoms with Crippen LogP contribution in [0.15, 0.2) is 48.9 Å². The summed E-state index contributed by atoms with van der Waals surface area (Å²) in [5.74, 6) is -0.814. The Hall–Kier alpha value is -3.23. The van der Waals surface area contributed by atoms with E-state index >= 15 is 0 Å². The van der Waals surface area contributed by atoms with Crippen LogP contribution in [0, 0.1) is 5.92 Å². The first kappa shape index (κ1) is 26.4. The standard InChI is InChI=1S/C22H28N6O6S/c1-2-16(13-34-35(23,32)33)20(30)10-25-22-18(9-24-14-26-22)21(31)19-8-17(12-29)28(27-19)11-15-6-4-3-5-7-15/h3-9,14,16,20,29-30H,2,10-13H2,1H3,(H2,23,32,33)(H,24,25,26)/t16-,20+/m1/s1. The Morgan fingerprint density at radius 1 is 1.29 bits per heavy atom. The molecule has 3 aromatic rings. The quantitative estimate of drug-likeness (QED) is 0.239. The summed E-state index contributed by atoms with van der Waals surface area (Å²) in [4.78, 5) is 21.2. The van der Waals surface area contributed by atoms with Crippen LogP contribution in [-0.4, -0.2) is 63.4 Å². The highest BCUT2D eigenvalue weighted by atomic mass is 32.2. The van der Waals surface area contributed by atoms with Crippen LogP contribution in [0.2, 0.25) is 0 Å². The number of hydrogen-bond acceptors (Lipinski definition) is 10. The normalized spacial score (nSPS) is 13.4. The lowest BCUT2D eigenvalue weighted by Crippen LogP contribution is -2.33. The molecule has 0 aliphatic heterocycles. The van der Waals surface area contributed by atoms with E-state index < -0.39 is 28.1 Å². The zero-order valence-corrected chi connectivity index (χ0v) is 19.9. The van der Waals surface area contributed by atoms with Gasteiger partial charge >= 0.3 is 10.3 Å². The first-order valence-electron chi connectivity index (χ1n) is 10.9. The lowest BCUT2D eigenvalue weighted by atomic mass is 10.0. The van der Waals surface area contributed by atoms with Gasteiger partial charge in [0.2, 0.25) is 5.78 Å². The summed E-state index contributed by atoms with van der Waals surface area (Å²) in [6.45, 7) is 1.54. The van der Waals surface area contributed by atoms with Gasteiger partial charge in [0.05, 0.1) is 37.1 Å². The van der Waals surface area contributed by atoms with Crippen LogP contribution in [0.1, 0.15) is 40.7 Å². The van der Waals surface area contributed by atoms with Gasteiger partial charge in [-0.2, -0.15) is 13.5 Å². The summed E-state index contributed by atoms with van der Waals surface area (Å²) in [5, 5.41) is 32.3. The molecular weight excluding hydrogens is 476 g/mol. The van der Waals surface area contributed by atoms with Gasteiger partial charge < -0.3 is 15.5 Å². The number of hydrogen-bond donors (Lipinski definition) is 4. The fourth-order valence-electron chi connectivity index (χ4n) is 3.41. The second-order valence-electron chi connectivity index (χ2n) is 7.83. The molecule has 188 valence electrons. The molecule has 0 radical (unpaired) electrons. The molecule has 0 aliphatic carbocycles. The van der Waals surface area contributed by atoms with Gasteiger partial charge in [0.15, 0.2) is 0 Å². The Labute approximate surface area is 203 Å². The summed E-state index contributed by atoms with van der Waals surface area (Å²) in [6, 6.07) is 11.0. The van der Waals surface area contributed by atoms with Crippen molar-refractivity contribution in [3.05, 3.63) is 71.4 Å². The maximum absolute atomic E-state index is 13.2. The van der Waals surface area contributed by atoms with Crippen molar-refractivity contribution in [1.82, 2.24) is 19.7 Å². The van der Waals surface area contributed by atoms with E-state index in [2.05, 4.69) is 24.6 Å². The van der Waals surface area contributed by atoms with E-state index in [-0.39, 0.29) is 36.8 Å². The molecule has 2 atom stereocenters. The number of aromatic nitrogens is 4. The number of aliphatic hydroxyl groups is 2. The van der Waals surface area contributed by atoms with E-state index in [0.29, 0.717) is 18.7 Å². The molecule has 0 amide bonds. The number of carbonyl (C=O) groups excluding carboxylic acids is 1. The van der Waals surface area contributed by atoms with E-state index in [9.17, 15) is 23.4 Å². The van der Waals surface area contributed by atoms with Crippen LogP contribution < -0.4 is 10.5 Å². The summed E-state index contributed by atoms with van der Waals surface area (Å²) >= 11 is 0. The van der Waals surface area contributed by atoms with Gasteiger partial charge in [-0.1, -0.05) is 37.3 Å². The molecule has 3 rings (SSSR count). The topological polar surface area (TPSA) is 183 Å². The number of benzene rings is 1. The minimum atomic E-state index is -4.13. The number of nitrogens with two attached hydrogens (primary N) is 1. The minimum Gasteiger partial charge on any atom is -0.391 e. The third-order valence-electron chi connectivity index (χ3n) is 5.38. The van der Waals surface area contributed by atoms with Crippen molar-refractivity contribution in [1.29, 1.82) is 0 Å². The Bertz CT molecular complexity index is 1230. The third kappa shape index (κ3) is 7.37. The molecule has 2 heterocycles. The minimum absolute atomic E-state index is 0.0336. The first-order chi connectivity index (χ1) is 16.7. The third-order valence-corrected chi connectivity index (χ3v) is 5.85. The molecular formula is C22H28N6O6S. The van der Waals surface area contributed by atoms with Crippen LogP contribution in [0.4, 0.5) is 5.82 Å². The van der Waals surface area contributed by atoms with Crippen molar-refractivity contribution in [3.8, 4) is 0 Å². The second kappa shape index (κ2) is 12.0. The maximum Gasteiger partial charge on any atom is 0.333 e. The van der Waals surface area contributed by atoms with E-state index in [1.165, 1.54) is 18.6 Å². The van der Waals surface area contributed by atoms with Crippen LogP contribution in [-0.2, 0) is 27.6 Å². The molecule has 1 aromatic carbocycles. The molecule has 0 saturated carbocycles. The molecule has 5 N–H and O–H groups in total. The zero-order valence-electron chi connectivity index (χ0n) is 19.1. The van der Waals surface area contributed by atoms with E-state index in [4.69, 9.17) is 5.14 Å². The molecule has 0 fully saturated rings. The van der Waals surface area contributed by atoms with Gasteiger partial charge in [-0.05, 0) is 18.1 Å². The largest absolute Gasteiger partial charge is 0.391 e. The zero-order chi connectivity index (χ0) is 25.4. The monoisotopic (exact) mass is 504 g/mol. The average Bonchev–Trinajstić information content (AvgIpc) is 3.25. The van der Waals surface area contributed by atoms with Crippen LogP contribution >= 0.6 is 0 Å². The van der Waals surface area contributed by atoms with Crippen LogP contribution in [0.5, 0.6) is 0 Å². The molecule has 0 saturated heterocycles. The average molecular weight is 505 g/mol. The Balaban J connectivity index is 1.74. The lowest BCUT2D eigenvalue weighted by molar-refractivity contribution is 0.0839. The van der Waals surface area contributed by atoms with Crippen LogP contribution in [0.3, 0.4) is 0 Å². The van der Waals surface area contributed by atoms with E-state index in [0.717, 1.165) is 5.56 Å². The van der Waals surface area contributed by atoms with Crippen molar-refractivity contribution in [2.45, 2.75) is 32.6 Å². The molecule has 2 aromatic heterocycles. The Morgan fingerprint density at radius 3 is 2.69 bits per heavy atom. The fourth-order valence-corrected chi connectivity index (χ4v) is 3.78. The van der Waals surface area contributed by atoms with Gasteiger partial charge in [-0.25, -0.2) is 15.1 Å². The highest BCUT2D eigenvalue weighted by Crippen LogP contribution is 2.19. The fraction of sp³-hybridized carbons (Fsp3) is 0.364. The lowest BCUT2D eigenvalue weighted by Gasteiger charge is -2.21. The number of ketones is 1. The summed E-state index contributed by atoms with van der Waals surface area (Å²) < 4.78 is 28.2. The number of nitrogens with one attached hydrogen (secondary N) is 1. The van der Waals surface area contributed by atoms with Crippen molar-refractivity contribution >= 4 is 21.9 Å². The van der Waals surface area contributed by atoms with Gasteiger partial charge in [0.25, 0.3) is 0 Å². The summed E-state index contributed by atoms with van der Waals surface area (Å²) in [6.07, 6.45) is 2.00. The van der Waals surface area contributed by atoms with Crippen molar-refractivity contribution in [2.75, 3.05) is 18.5 Å². The molecule has 12 nitrogen and oxygen atoms in total. The Kier molecular flexibility index (Phi) is 9.01.